The summed E-state index contributed by atoms with van der Waals surface area (Å²) in [5, 5.41) is 8.05. The van der Waals surface area contributed by atoms with E-state index in [4.69, 9.17) is 0 Å². The molecule has 2 atom stereocenters. The van der Waals surface area contributed by atoms with Crippen LogP contribution in [0.1, 0.15) is 52.5 Å². The summed E-state index contributed by atoms with van der Waals surface area (Å²) in [7, 11) is 0. The van der Waals surface area contributed by atoms with Crippen LogP contribution in [0.25, 0.3) is 0 Å². The van der Waals surface area contributed by atoms with Crippen molar-refractivity contribution >= 4 is 0 Å². The topological polar surface area (TPSA) is 29.9 Å². The molecule has 0 aliphatic rings. The average Bonchev–Trinajstić information content (AvgIpc) is 2.82. The van der Waals surface area contributed by atoms with Crippen LogP contribution in [-0.2, 0) is 13.0 Å². The minimum atomic E-state index is 0.583. The van der Waals surface area contributed by atoms with E-state index in [2.05, 4.69) is 44.3 Å². The lowest BCUT2D eigenvalue weighted by Crippen LogP contribution is -2.37. The molecule has 3 nitrogen and oxygen atoms in total. The number of rotatable bonds is 9. The van der Waals surface area contributed by atoms with Crippen LogP contribution in [-0.4, -0.2) is 22.4 Å². The predicted octanol–water partition coefficient (Wildman–Crippen LogP) is 3.25. The summed E-state index contributed by atoms with van der Waals surface area (Å²) in [4.78, 5) is 0. The fourth-order valence-electron chi connectivity index (χ4n) is 2.40. The SMILES string of the molecule is CCCNC(Cc1cnn(CC)c1)C(C)CCC. The zero-order valence-electron chi connectivity index (χ0n) is 12.4. The Hall–Kier alpha value is -0.830. The lowest BCUT2D eigenvalue weighted by molar-refractivity contribution is 0.352. The second kappa shape index (κ2) is 8.30. The molecule has 1 N–H and O–H groups in total. The average molecular weight is 251 g/mol. The molecular formula is C15H29N3. The Labute approximate surface area is 112 Å². The highest BCUT2D eigenvalue weighted by Gasteiger charge is 2.17. The lowest BCUT2D eigenvalue weighted by Gasteiger charge is -2.24. The molecule has 1 heterocycles. The van der Waals surface area contributed by atoms with Gasteiger partial charge >= 0.3 is 0 Å². The summed E-state index contributed by atoms with van der Waals surface area (Å²) >= 11 is 0. The normalized spacial score (nSPS) is 14.7. The maximum Gasteiger partial charge on any atom is 0.0522 e. The van der Waals surface area contributed by atoms with E-state index in [0.717, 1.165) is 25.4 Å². The Bertz CT molecular complexity index is 319. The standard InChI is InChI=1S/C15H29N3/c1-5-8-13(4)15(16-9-6-2)10-14-11-17-18(7-3)12-14/h11-13,15-16H,5-10H2,1-4H3. The molecule has 104 valence electrons. The summed E-state index contributed by atoms with van der Waals surface area (Å²) in [6.45, 7) is 11.1. The van der Waals surface area contributed by atoms with Crippen molar-refractivity contribution in [3.8, 4) is 0 Å². The molecule has 0 saturated carbocycles. The van der Waals surface area contributed by atoms with E-state index < -0.39 is 0 Å². The second-order valence-electron chi connectivity index (χ2n) is 5.23. The molecule has 0 amide bonds. The van der Waals surface area contributed by atoms with Crippen LogP contribution in [0.2, 0.25) is 0 Å². The number of hydrogen-bond donors (Lipinski definition) is 1. The first kappa shape index (κ1) is 15.2. The predicted molar refractivity (Wildman–Crippen MR) is 77.8 cm³/mol. The van der Waals surface area contributed by atoms with Crippen LogP contribution >= 0.6 is 0 Å². The Morgan fingerprint density at radius 2 is 2.06 bits per heavy atom. The van der Waals surface area contributed by atoms with Crippen LogP contribution in [0, 0.1) is 5.92 Å². The summed E-state index contributed by atoms with van der Waals surface area (Å²) < 4.78 is 2.01. The molecule has 2 unspecified atom stereocenters. The third-order valence-corrected chi connectivity index (χ3v) is 3.55. The first-order valence-corrected chi connectivity index (χ1v) is 7.45. The first-order valence-electron chi connectivity index (χ1n) is 7.45. The van der Waals surface area contributed by atoms with Crippen molar-refractivity contribution in [1.29, 1.82) is 0 Å². The molecule has 1 aromatic rings. The van der Waals surface area contributed by atoms with Crippen LogP contribution in [0.5, 0.6) is 0 Å². The van der Waals surface area contributed by atoms with E-state index in [1.54, 1.807) is 0 Å². The van der Waals surface area contributed by atoms with Gasteiger partial charge < -0.3 is 5.32 Å². The molecule has 0 spiro atoms. The summed E-state index contributed by atoms with van der Waals surface area (Å²) in [5.41, 5.74) is 1.36. The summed E-state index contributed by atoms with van der Waals surface area (Å²) in [6.07, 6.45) is 9.05. The van der Waals surface area contributed by atoms with E-state index in [1.807, 2.05) is 10.9 Å². The first-order chi connectivity index (χ1) is 8.71. The molecule has 0 bridgehead atoms. The zero-order valence-corrected chi connectivity index (χ0v) is 12.4. The molecule has 0 saturated heterocycles. The Balaban J connectivity index is 2.58. The van der Waals surface area contributed by atoms with Gasteiger partial charge in [-0.1, -0.05) is 27.2 Å². The van der Waals surface area contributed by atoms with E-state index in [0.29, 0.717) is 6.04 Å². The second-order valence-corrected chi connectivity index (χ2v) is 5.23. The van der Waals surface area contributed by atoms with Gasteiger partial charge in [0.15, 0.2) is 0 Å². The van der Waals surface area contributed by atoms with Gasteiger partial charge in [-0.15, -0.1) is 0 Å². The largest absolute Gasteiger partial charge is 0.313 e. The summed E-state index contributed by atoms with van der Waals surface area (Å²) in [5.74, 6) is 0.728. The number of hydrogen-bond acceptors (Lipinski definition) is 2. The van der Waals surface area contributed by atoms with Gasteiger partial charge in [0.2, 0.25) is 0 Å². The van der Waals surface area contributed by atoms with Gasteiger partial charge in [-0.3, -0.25) is 4.68 Å². The van der Waals surface area contributed by atoms with Crippen molar-refractivity contribution in [3.05, 3.63) is 18.0 Å². The maximum atomic E-state index is 4.36. The van der Waals surface area contributed by atoms with Crippen LogP contribution < -0.4 is 5.32 Å². The molecular weight excluding hydrogens is 222 g/mol. The number of nitrogens with zero attached hydrogens (tertiary/aromatic N) is 2. The maximum absolute atomic E-state index is 4.36. The smallest absolute Gasteiger partial charge is 0.0522 e. The molecule has 1 aromatic heterocycles. The molecule has 3 heteroatoms. The molecule has 1 rings (SSSR count). The highest BCUT2D eigenvalue weighted by molar-refractivity contribution is 5.06. The highest BCUT2D eigenvalue weighted by Crippen LogP contribution is 2.15. The van der Waals surface area contributed by atoms with Crippen LogP contribution in [0.15, 0.2) is 12.4 Å². The van der Waals surface area contributed by atoms with Crippen LogP contribution in [0.3, 0.4) is 0 Å². The minimum Gasteiger partial charge on any atom is -0.313 e. The van der Waals surface area contributed by atoms with Crippen LogP contribution in [0.4, 0.5) is 0 Å². The number of aryl methyl sites for hydroxylation is 1. The van der Waals surface area contributed by atoms with Gasteiger partial charge in [-0.25, -0.2) is 0 Å². The Morgan fingerprint density at radius 1 is 1.28 bits per heavy atom. The fourth-order valence-corrected chi connectivity index (χ4v) is 2.40. The molecule has 0 aromatic carbocycles. The Kier molecular flexibility index (Phi) is 7.02. The molecule has 0 radical (unpaired) electrons. The van der Waals surface area contributed by atoms with Gasteiger partial charge in [0.05, 0.1) is 6.20 Å². The van der Waals surface area contributed by atoms with E-state index in [1.165, 1.54) is 24.8 Å². The quantitative estimate of drug-likeness (QED) is 0.730. The third kappa shape index (κ3) is 4.81. The molecule has 18 heavy (non-hydrogen) atoms. The van der Waals surface area contributed by atoms with Crippen molar-refractivity contribution in [2.45, 2.75) is 66.0 Å². The fraction of sp³-hybridized carbons (Fsp3) is 0.800. The van der Waals surface area contributed by atoms with E-state index in [9.17, 15) is 0 Å². The third-order valence-electron chi connectivity index (χ3n) is 3.55. The lowest BCUT2D eigenvalue weighted by atomic mass is 9.92. The molecule has 0 fully saturated rings. The van der Waals surface area contributed by atoms with Crippen molar-refractivity contribution in [1.82, 2.24) is 15.1 Å². The van der Waals surface area contributed by atoms with Crippen molar-refractivity contribution in [2.75, 3.05) is 6.54 Å². The minimum absolute atomic E-state index is 0.583. The van der Waals surface area contributed by atoms with Gasteiger partial charge in [0, 0.05) is 18.8 Å². The van der Waals surface area contributed by atoms with Gasteiger partial charge in [0.1, 0.15) is 0 Å². The van der Waals surface area contributed by atoms with Gasteiger partial charge in [-0.05, 0) is 44.2 Å². The monoisotopic (exact) mass is 251 g/mol. The zero-order chi connectivity index (χ0) is 13.4. The van der Waals surface area contributed by atoms with Crippen molar-refractivity contribution in [3.63, 3.8) is 0 Å². The number of aromatic nitrogens is 2. The van der Waals surface area contributed by atoms with Gasteiger partial charge in [-0.2, -0.15) is 5.10 Å². The molecule has 0 aliphatic heterocycles. The highest BCUT2D eigenvalue weighted by atomic mass is 15.3. The van der Waals surface area contributed by atoms with E-state index in [-0.39, 0.29) is 0 Å². The van der Waals surface area contributed by atoms with E-state index >= 15 is 0 Å². The van der Waals surface area contributed by atoms with Crippen molar-refractivity contribution in [2.24, 2.45) is 5.92 Å². The number of nitrogens with one attached hydrogen (secondary N) is 1. The Morgan fingerprint density at radius 3 is 2.61 bits per heavy atom. The molecule has 0 aliphatic carbocycles. The van der Waals surface area contributed by atoms with Gasteiger partial charge in [0.25, 0.3) is 0 Å². The summed E-state index contributed by atoms with van der Waals surface area (Å²) in [6, 6.07) is 0.583. The van der Waals surface area contributed by atoms with Crippen molar-refractivity contribution < 1.29 is 0 Å².